The second kappa shape index (κ2) is 10.5. The zero-order valence-corrected chi connectivity index (χ0v) is 21.7. The Hall–Kier alpha value is -3.37. The minimum atomic E-state index is -0.787. The second-order valence-electron chi connectivity index (χ2n) is 7.69. The maximum absolute atomic E-state index is 13.2. The van der Waals surface area contributed by atoms with Crippen molar-refractivity contribution in [2.45, 2.75) is 13.5 Å². The Morgan fingerprint density at radius 2 is 1.77 bits per heavy atom. The fourth-order valence-electron chi connectivity index (χ4n) is 3.56. The van der Waals surface area contributed by atoms with E-state index in [1.807, 2.05) is 12.1 Å². The first-order valence-corrected chi connectivity index (χ1v) is 12.0. The van der Waals surface area contributed by atoms with Gasteiger partial charge in [0.15, 0.2) is 11.5 Å². The first kappa shape index (κ1) is 24.7. The van der Waals surface area contributed by atoms with Crippen LogP contribution >= 0.6 is 34.2 Å². The van der Waals surface area contributed by atoms with E-state index in [4.69, 9.17) is 21.1 Å². The fraction of sp³-hybridized carbons (Fsp3) is 0.115. The summed E-state index contributed by atoms with van der Waals surface area (Å²) in [4.78, 5) is 39.2. The largest absolute Gasteiger partial charge is 0.493 e. The zero-order valence-electron chi connectivity index (χ0n) is 18.8. The number of urea groups is 1. The number of imide groups is 2. The molecule has 1 saturated heterocycles. The van der Waals surface area contributed by atoms with Gasteiger partial charge >= 0.3 is 6.03 Å². The molecule has 1 aliphatic rings. The van der Waals surface area contributed by atoms with Crippen LogP contribution < -0.4 is 19.7 Å². The summed E-state index contributed by atoms with van der Waals surface area (Å²) in [6, 6.07) is 16.9. The average molecular weight is 603 g/mol. The number of amides is 4. The topological polar surface area (TPSA) is 84.9 Å². The van der Waals surface area contributed by atoms with Crippen molar-refractivity contribution >= 4 is 63.8 Å². The highest BCUT2D eigenvalue weighted by atomic mass is 127. The zero-order chi connectivity index (χ0) is 25.1. The minimum Gasteiger partial charge on any atom is -0.493 e. The molecule has 3 aromatic carbocycles. The van der Waals surface area contributed by atoms with Crippen molar-refractivity contribution in [2.75, 3.05) is 12.0 Å². The van der Waals surface area contributed by atoms with E-state index in [0.29, 0.717) is 34.4 Å². The molecule has 0 saturated carbocycles. The number of halogens is 2. The van der Waals surface area contributed by atoms with Crippen LogP contribution in [0, 0.1) is 10.5 Å². The number of hydrogen-bond acceptors (Lipinski definition) is 5. The molecule has 0 unspecified atom stereocenters. The lowest BCUT2D eigenvalue weighted by atomic mass is 10.1. The lowest BCUT2D eigenvalue weighted by Crippen LogP contribution is -2.54. The van der Waals surface area contributed by atoms with Crippen LogP contribution in [0.3, 0.4) is 0 Å². The van der Waals surface area contributed by atoms with Gasteiger partial charge in [0.1, 0.15) is 12.2 Å². The Kier molecular flexibility index (Phi) is 7.42. The first-order chi connectivity index (χ1) is 16.8. The molecule has 0 aromatic heterocycles. The van der Waals surface area contributed by atoms with Crippen molar-refractivity contribution in [3.63, 3.8) is 0 Å². The van der Waals surface area contributed by atoms with Crippen LogP contribution in [0.5, 0.6) is 11.5 Å². The predicted molar refractivity (Wildman–Crippen MR) is 142 cm³/mol. The third-order valence-corrected chi connectivity index (χ3v) is 6.37. The summed E-state index contributed by atoms with van der Waals surface area (Å²) < 4.78 is 12.2. The van der Waals surface area contributed by atoms with E-state index in [-0.39, 0.29) is 5.57 Å². The number of barbiturate groups is 1. The van der Waals surface area contributed by atoms with Crippen LogP contribution in [0.2, 0.25) is 5.02 Å². The van der Waals surface area contributed by atoms with Gasteiger partial charge in [0.05, 0.1) is 16.4 Å². The van der Waals surface area contributed by atoms with Gasteiger partial charge in [-0.3, -0.25) is 14.9 Å². The van der Waals surface area contributed by atoms with Gasteiger partial charge in [0, 0.05) is 5.02 Å². The number of para-hydroxylation sites is 1. The molecule has 1 N–H and O–H groups in total. The van der Waals surface area contributed by atoms with Crippen molar-refractivity contribution in [1.29, 1.82) is 0 Å². The van der Waals surface area contributed by atoms with Crippen LogP contribution in [0.25, 0.3) is 6.08 Å². The van der Waals surface area contributed by atoms with Gasteiger partial charge in [-0.1, -0.05) is 41.9 Å². The number of benzene rings is 3. The van der Waals surface area contributed by atoms with Gasteiger partial charge in [-0.15, -0.1) is 0 Å². The van der Waals surface area contributed by atoms with Gasteiger partial charge in [0.2, 0.25) is 0 Å². The number of rotatable bonds is 6. The number of methoxy groups -OCH3 is 1. The standard InChI is InChI=1S/C26H20ClIN2O5/c1-15-5-3-4-6-21(15)30-25(32)19(24(31)29-26(30)33)11-17-12-20(28)23(22(13-17)34-2)35-14-16-7-9-18(27)10-8-16/h3-13H,14H2,1-2H3,(H,29,31,33)/b19-11+. The fourth-order valence-corrected chi connectivity index (χ4v) is 4.46. The van der Waals surface area contributed by atoms with Gasteiger partial charge in [-0.25, -0.2) is 9.69 Å². The number of carbonyl (C=O) groups is 3. The molecule has 7 nitrogen and oxygen atoms in total. The number of ether oxygens (including phenoxy) is 2. The summed E-state index contributed by atoms with van der Waals surface area (Å²) in [6.45, 7) is 2.09. The van der Waals surface area contributed by atoms with Crippen LogP contribution in [0.4, 0.5) is 10.5 Å². The smallest absolute Gasteiger partial charge is 0.335 e. The maximum Gasteiger partial charge on any atom is 0.335 e. The lowest BCUT2D eigenvalue weighted by molar-refractivity contribution is -0.122. The molecule has 0 spiro atoms. The van der Waals surface area contributed by atoms with E-state index in [1.54, 1.807) is 55.5 Å². The van der Waals surface area contributed by atoms with Crippen LogP contribution in [-0.2, 0) is 16.2 Å². The second-order valence-corrected chi connectivity index (χ2v) is 9.29. The van der Waals surface area contributed by atoms with Crippen molar-refractivity contribution < 1.29 is 23.9 Å². The number of nitrogens with one attached hydrogen (secondary N) is 1. The Labute approximate surface area is 220 Å². The number of carbonyl (C=O) groups excluding carboxylic acids is 3. The Bertz CT molecular complexity index is 1350. The van der Waals surface area contributed by atoms with Gasteiger partial charge < -0.3 is 9.47 Å². The van der Waals surface area contributed by atoms with Gasteiger partial charge in [-0.2, -0.15) is 0 Å². The molecule has 0 bridgehead atoms. The van der Waals surface area contributed by atoms with E-state index in [0.717, 1.165) is 19.6 Å². The van der Waals surface area contributed by atoms with E-state index >= 15 is 0 Å². The molecular formula is C26H20ClIN2O5. The monoisotopic (exact) mass is 602 g/mol. The summed E-state index contributed by atoms with van der Waals surface area (Å²) in [5.74, 6) is -0.499. The summed E-state index contributed by atoms with van der Waals surface area (Å²) >= 11 is 8.04. The van der Waals surface area contributed by atoms with Gasteiger partial charge in [0.25, 0.3) is 11.8 Å². The van der Waals surface area contributed by atoms with E-state index in [9.17, 15) is 14.4 Å². The normalized spacial score (nSPS) is 14.8. The van der Waals surface area contributed by atoms with E-state index < -0.39 is 17.8 Å². The molecule has 1 fully saturated rings. The Morgan fingerprint density at radius 3 is 2.46 bits per heavy atom. The molecule has 0 aliphatic carbocycles. The molecule has 9 heteroatoms. The summed E-state index contributed by atoms with van der Waals surface area (Å²) in [6.07, 6.45) is 1.43. The molecule has 1 aliphatic heterocycles. The molecule has 1 heterocycles. The first-order valence-electron chi connectivity index (χ1n) is 10.5. The highest BCUT2D eigenvalue weighted by Crippen LogP contribution is 2.36. The quantitative estimate of drug-likeness (QED) is 0.229. The molecule has 178 valence electrons. The van der Waals surface area contributed by atoms with Crippen LogP contribution in [0.15, 0.2) is 66.2 Å². The number of aryl methyl sites for hydroxylation is 1. The molecule has 3 aromatic rings. The van der Waals surface area contributed by atoms with Crippen molar-refractivity contribution in [3.8, 4) is 11.5 Å². The Morgan fingerprint density at radius 1 is 1.06 bits per heavy atom. The van der Waals surface area contributed by atoms with Crippen molar-refractivity contribution in [1.82, 2.24) is 5.32 Å². The molecule has 0 radical (unpaired) electrons. The van der Waals surface area contributed by atoms with E-state index in [2.05, 4.69) is 27.9 Å². The Balaban J connectivity index is 1.64. The molecule has 4 rings (SSSR count). The summed E-state index contributed by atoms with van der Waals surface area (Å²) in [5.41, 5.74) is 2.45. The predicted octanol–water partition coefficient (Wildman–Crippen LogP) is 5.51. The third-order valence-electron chi connectivity index (χ3n) is 5.32. The molecule has 35 heavy (non-hydrogen) atoms. The third kappa shape index (κ3) is 5.33. The lowest BCUT2D eigenvalue weighted by Gasteiger charge is -2.27. The molecule has 0 atom stereocenters. The maximum atomic E-state index is 13.2. The van der Waals surface area contributed by atoms with E-state index in [1.165, 1.54) is 13.2 Å². The summed E-state index contributed by atoms with van der Waals surface area (Å²) in [5, 5.41) is 2.89. The molecule has 4 amide bonds. The SMILES string of the molecule is COc1cc(/C=C2\C(=O)NC(=O)N(c3ccccc3C)C2=O)cc(I)c1OCc1ccc(Cl)cc1. The van der Waals surface area contributed by atoms with Crippen LogP contribution in [-0.4, -0.2) is 25.0 Å². The van der Waals surface area contributed by atoms with Crippen LogP contribution in [0.1, 0.15) is 16.7 Å². The number of anilines is 1. The highest BCUT2D eigenvalue weighted by molar-refractivity contribution is 14.1. The number of hydrogen-bond donors (Lipinski definition) is 1. The average Bonchev–Trinajstić information content (AvgIpc) is 2.83. The number of nitrogens with zero attached hydrogens (tertiary/aromatic N) is 1. The van der Waals surface area contributed by atoms with Crippen molar-refractivity contribution in [2.24, 2.45) is 0 Å². The van der Waals surface area contributed by atoms with Gasteiger partial charge in [-0.05, 0) is 82.6 Å². The minimum absolute atomic E-state index is 0.166. The molecular weight excluding hydrogens is 583 g/mol. The highest BCUT2D eigenvalue weighted by Gasteiger charge is 2.37. The van der Waals surface area contributed by atoms with Crippen molar-refractivity contribution in [3.05, 3.63) is 91.5 Å². The summed E-state index contributed by atoms with van der Waals surface area (Å²) in [7, 11) is 1.51.